The Morgan fingerprint density at radius 1 is 1.14 bits per heavy atom. The zero-order valence-corrected chi connectivity index (χ0v) is 13.1. The SMILES string of the molecule is CN(Cc1ccccc1)c1ccc(CNC2CC2)c(Cl)c1. The Balaban J connectivity index is 1.65. The zero-order valence-electron chi connectivity index (χ0n) is 12.3. The maximum absolute atomic E-state index is 6.41. The normalized spacial score (nSPS) is 14.2. The van der Waals surface area contributed by atoms with E-state index in [1.165, 1.54) is 24.0 Å². The van der Waals surface area contributed by atoms with Gasteiger partial charge >= 0.3 is 0 Å². The van der Waals surface area contributed by atoms with Gasteiger partial charge in [0, 0.05) is 36.9 Å². The van der Waals surface area contributed by atoms with Gasteiger partial charge in [0.25, 0.3) is 0 Å². The molecule has 21 heavy (non-hydrogen) atoms. The van der Waals surface area contributed by atoms with E-state index in [4.69, 9.17) is 11.6 Å². The molecule has 0 radical (unpaired) electrons. The van der Waals surface area contributed by atoms with Crippen molar-refractivity contribution in [2.45, 2.75) is 32.0 Å². The molecule has 0 heterocycles. The van der Waals surface area contributed by atoms with Gasteiger partial charge in [-0.1, -0.05) is 48.0 Å². The fourth-order valence-corrected chi connectivity index (χ4v) is 2.65. The second kappa shape index (κ2) is 6.50. The Labute approximate surface area is 131 Å². The molecule has 2 aromatic rings. The molecular formula is C18H21ClN2. The molecule has 0 saturated heterocycles. The Morgan fingerprint density at radius 3 is 2.57 bits per heavy atom. The third kappa shape index (κ3) is 3.99. The third-order valence-corrected chi connectivity index (χ3v) is 4.25. The van der Waals surface area contributed by atoms with E-state index in [9.17, 15) is 0 Å². The summed E-state index contributed by atoms with van der Waals surface area (Å²) in [5, 5.41) is 4.35. The first-order valence-corrected chi connectivity index (χ1v) is 7.87. The summed E-state index contributed by atoms with van der Waals surface area (Å²) in [5.41, 5.74) is 3.63. The molecule has 3 heteroatoms. The first-order chi connectivity index (χ1) is 10.2. The summed E-state index contributed by atoms with van der Waals surface area (Å²) in [5.74, 6) is 0. The molecule has 1 aliphatic rings. The first kappa shape index (κ1) is 14.4. The van der Waals surface area contributed by atoms with Gasteiger partial charge in [-0.25, -0.2) is 0 Å². The molecule has 2 aromatic carbocycles. The highest BCUT2D eigenvalue weighted by Gasteiger charge is 2.20. The topological polar surface area (TPSA) is 15.3 Å². The molecular weight excluding hydrogens is 280 g/mol. The molecule has 1 saturated carbocycles. The lowest BCUT2D eigenvalue weighted by molar-refractivity contribution is 0.688. The van der Waals surface area contributed by atoms with Gasteiger partial charge in [0.1, 0.15) is 0 Å². The van der Waals surface area contributed by atoms with Crippen LogP contribution in [-0.4, -0.2) is 13.1 Å². The number of anilines is 1. The van der Waals surface area contributed by atoms with Gasteiger partial charge in [0.05, 0.1) is 0 Å². The Morgan fingerprint density at radius 2 is 1.90 bits per heavy atom. The van der Waals surface area contributed by atoms with Gasteiger partial charge in [-0.2, -0.15) is 0 Å². The van der Waals surface area contributed by atoms with Crippen LogP contribution in [-0.2, 0) is 13.1 Å². The van der Waals surface area contributed by atoms with Gasteiger partial charge < -0.3 is 10.2 Å². The minimum atomic E-state index is 0.710. The van der Waals surface area contributed by atoms with Crippen LogP contribution in [0.1, 0.15) is 24.0 Å². The number of hydrogen-bond donors (Lipinski definition) is 1. The van der Waals surface area contributed by atoms with Crippen LogP contribution in [0.25, 0.3) is 0 Å². The molecule has 2 nitrogen and oxygen atoms in total. The summed E-state index contributed by atoms with van der Waals surface area (Å²) in [7, 11) is 2.10. The van der Waals surface area contributed by atoms with Crippen LogP contribution >= 0.6 is 11.6 Å². The molecule has 110 valence electrons. The van der Waals surface area contributed by atoms with E-state index in [0.717, 1.165) is 23.8 Å². The van der Waals surface area contributed by atoms with Crippen molar-refractivity contribution in [3.8, 4) is 0 Å². The van der Waals surface area contributed by atoms with E-state index < -0.39 is 0 Å². The van der Waals surface area contributed by atoms with Gasteiger partial charge in [-0.15, -0.1) is 0 Å². The number of hydrogen-bond acceptors (Lipinski definition) is 2. The highest BCUT2D eigenvalue weighted by atomic mass is 35.5. The lowest BCUT2D eigenvalue weighted by Gasteiger charge is -2.20. The summed E-state index contributed by atoms with van der Waals surface area (Å²) >= 11 is 6.41. The second-order valence-corrected chi connectivity index (χ2v) is 6.18. The van der Waals surface area contributed by atoms with E-state index in [-0.39, 0.29) is 0 Å². The van der Waals surface area contributed by atoms with Crippen molar-refractivity contribution < 1.29 is 0 Å². The van der Waals surface area contributed by atoms with Crippen LogP contribution in [0.3, 0.4) is 0 Å². The smallest absolute Gasteiger partial charge is 0.0471 e. The lowest BCUT2D eigenvalue weighted by Crippen LogP contribution is -2.17. The molecule has 0 spiro atoms. The molecule has 0 bridgehead atoms. The fraction of sp³-hybridized carbons (Fsp3) is 0.333. The van der Waals surface area contributed by atoms with Crippen molar-refractivity contribution in [3.63, 3.8) is 0 Å². The standard InChI is InChI=1S/C18H21ClN2/c1-21(13-14-5-3-2-4-6-14)17-10-7-15(18(19)11-17)12-20-16-8-9-16/h2-7,10-11,16,20H,8-9,12-13H2,1H3. The highest BCUT2D eigenvalue weighted by molar-refractivity contribution is 6.31. The van der Waals surface area contributed by atoms with Crippen molar-refractivity contribution in [2.75, 3.05) is 11.9 Å². The molecule has 0 aromatic heterocycles. The van der Waals surface area contributed by atoms with Crippen LogP contribution < -0.4 is 10.2 Å². The van der Waals surface area contributed by atoms with Crippen LogP contribution in [0.2, 0.25) is 5.02 Å². The minimum absolute atomic E-state index is 0.710. The third-order valence-electron chi connectivity index (χ3n) is 3.90. The molecule has 1 N–H and O–H groups in total. The zero-order chi connectivity index (χ0) is 14.7. The molecule has 1 fully saturated rings. The van der Waals surface area contributed by atoms with Gasteiger partial charge in [-0.3, -0.25) is 0 Å². The lowest BCUT2D eigenvalue weighted by atomic mass is 10.1. The second-order valence-electron chi connectivity index (χ2n) is 5.77. The van der Waals surface area contributed by atoms with E-state index in [2.05, 4.69) is 59.7 Å². The summed E-state index contributed by atoms with van der Waals surface area (Å²) in [4.78, 5) is 2.22. The Hall–Kier alpha value is -1.51. The Bertz CT molecular complexity index is 593. The largest absolute Gasteiger partial charge is 0.370 e. The predicted molar refractivity (Wildman–Crippen MR) is 89.9 cm³/mol. The van der Waals surface area contributed by atoms with Crippen molar-refractivity contribution in [1.29, 1.82) is 0 Å². The Kier molecular flexibility index (Phi) is 4.47. The number of rotatable bonds is 6. The van der Waals surface area contributed by atoms with Crippen molar-refractivity contribution in [2.24, 2.45) is 0 Å². The summed E-state index contributed by atoms with van der Waals surface area (Å²) in [6, 6.07) is 17.5. The summed E-state index contributed by atoms with van der Waals surface area (Å²) in [6.45, 7) is 1.75. The average Bonchev–Trinajstić information content (AvgIpc) is 3.31. The van der Waals surface area contributed by atoms with Gasteiger partial charge in [0.15, 0.2) is 0 Å². The van der Waals surface area contributed by atoms with Crippen molar-refractivity contribution in [1.82, 2.24) is 5.32 Å². The van der Waals surface area contributed by atoms with Gasteiger partial charge in [-0.05, 0) is 36.1 Å². The molecule has 1 aliphatic carbocycles. The first-order valence-electron chi connectivity index (χ1n) is 7.49. The minimum Gasteiger partial charge on any atom is -0.370 e. The van der Waals surface area contributed by atoms with Crippen LogP contribution in [0.4, 0.5) is 5.69 Å². The number of nitrogens with zero attached hydrogens (tertiary/aromatic N) is 1. The van der Waals surface area contributed by atoms with E-state index in [0.29, 0.717) is 6.04 Å². The van der Waals surface area contributed by atoms with Crippen LogP contribution in [0.15, 0.2) is 48.5 Å². The van der Waals surface area contributed by atoms with Crippen LogP contribution in [0.5, 0.6) is 0 Å². The summed E-state index contributed by atoms with van der Waals surface area (Å²) < 4.78 is 0. The van der Waals surface area contributed by atoms with E-state index in [1.807, 2.05) is 6.07 Å². The molecule has 0 atom stereocenters. The maximum Gasteiger partial charge on any atom is 0.0471 e. The van der Waals surface area contributed by atoms with E-state index in [1.54, 1.807) is 0 Å². The molecule has 3 rings (SSSR count). The monoisotopic (exact) mass is 300 g/mol. The van der Waals surface area contributed by atoms with E-state index >= 15 is 0 Å². The van der Waals surface area contributed by atoms with Crippen molar-refractivity contribution in [3.05, 3.63) is 64.7 Å². The molecule has 0 amide bonds. The predicted octanol–water partition coefficient (Wildman–Crippen LogP) is 4.23. The highest BCUT2D eigenvalue weighted by Crippen LogP contribution is 2.25. The van der Waals surface area contributed by atoms with Crippen molar-refractivity contribution >= 4 is 17.3 Å². The molecule has 0 unspecified atom stereocenters. The number of halogens is 1. The number of benzene rings is 2. The summed E-state index contributed by atoms with van der Waals surface area (Å²) in [6.07, 6.45) is 2.60. The fourth-order valence-electron chi connectivity index (χ4n) is 2.41. The maximum atomic E-state index is 6.41. The molecule has 0 aliphatic heterocycles. The van der Waals surface area contributed by atoms with Gasteiger partial charge in [0.2, 0.25) is 0 Å². The average molecular weight is 301 g/mol. The quantitative estimate of drug-likeness (QED) is 0.859. The number of nitrogens with one attached hydrogen (secondary N) is 1. The van der Waals surface area contributed by atoms with Crippen LogP contribution in [0, 0.1) is 0 Å².